The summed E-state index contributed by atoms with van der Waals surface area (Å²) in [4.78, 5) is 60.4. The third kappa shape index (κ3) is 7.49. The second-order valence-corrected chi connectivity index (χ2v) is 7.82. The van der Waals surface area contributed by atoms with Crippen LogP contribution < -0.4 is 55.7 Å². The SMILES string of the molecule is COc1c(=O)c(C(=O)NCc2ccc(F)cc2F)cn2ccn(CCCOC(=O)CCC(=O)[O-])c(=O)c12.[Na+]. The van der Waals surface area contributed by atoms with Gasteiger partial charge in [-0.15, -0.1) is 0 Å². The summed E-state index contributed by atoms with van der Waals surface area (Å²) in [5, 5.41) is 12.8. The van der Waals surface area contributed by atoms with Gasteiger partial charge in [0.1, 0.15) is 17.2 Å². The second kappa shape index (κ2) is 13.8. The van der Waals surface area contributed by atoms with Crippen molar-refractivity contribution in [3.63, 3.8) is 0 Å². The summed E-state index contributed by atoms with van der Waals surface area (Å²) in [5.41, 5.74) is -1.97. The first-order chi connectivity index (χ1) is 17.6. The van der Waals surface area contributed by atoms with Gasteiger partial charge in [-0.2, -0.15) is 0 Å². The maximum atomic E-state index is 13.8. The number of hydrogen-bond acceptors (Lipinski definition) is 8. The zero-order valence-corrected chi connectivity index (χ0v) is 22.6. The van der Waals surface area contributed by atoms with Crippen LogP contribution in [0.15, 0.2) is 46.4 Å². The number of ether oxygens (including phenoxy) is 2. The molecule has 0 aliphatic heterocycles. The summed E-state index contributed by atoms with van der Waals surface area (Å²) in [5.74, 6) is -4.95. The Balaban J connectivity index is 0.00000507. The van der Waals surface area contributed by atoms with E-state index < -0.39 is 46.9 Å². The van der Waals surface area contributed by atoms with Crippen LogP contribution in [-0.2, 0) is 27.4 Å². The van der Waals surface area contributed by atoms with Gasteiger partial charge >= 0.3 is 35.5 Å². The van der Waals surface area contributed by atoms with Gasteiger partial charge in [-0.3, -0.25) is 19.2 Å². The number of rotatable bonds is 11. The molecule has 1 amide bonds. The second-order valence-electron chi connectivity index (χ2n) is 7.82. The standard InChI is InChI=1S/C24H23F2N3O8.Na/c1-36-22-20-24(35)28(7-2-10-37-19(32)6-5-18(30)31)8-9-29(20)13-16(21(22)33)23(34)27-12-14-3-4-15(25)11-17(14)26;/h3-4,8-9,11,13H,2,5-7,10,12H2,1H3,(H,27,34)(H,30,31);/q;+1/p-1. The Bertz CT molecular complexity index is 1470. The Hall–Kier alpha value is -3.55. The molecule has 0 atom stereocenters. The zero-order chi connectivity index (χ0) is 27.1. The van der Waals surface area contributed by atoms with Gasteiger partial charge in [0.15, 0.2) is 11.3 Å². The number of carbonyl (C=O) groups is 3. The number of pyridine rings is 1. The smallest absolute Gasteiger partial charge is 0.550 e. The Kier molecular flexibility index (Phi) is 11.2. The number of methoxy groups -OCH3 is 1. The molecular weight excluding hydrogens is 519 g/mol. The van der Waals surface area contributed by atoms with Crippen LogP contribution in [0.1, 0.15) is 35.2 Å². The minimum Gasteiger partial charge on any atom is -0.550 e. The molecule has 2 heterocycles. The third-order valence-electron chi connectivity index (χ3n) is 5.31. The van der Waals surface area contributed by atoms with Crippen LogP contribution in [0.25, 0.3) is 5.52 Å². The molecule has 196 valence electrons. The van der Waals surface area contributed by atoms with Crippen LogP contribution in [-0.4, -0.2) is 40.5 Å². The van der Waals surface area contributed by atoms with E-state index in [2.05, 4.69) is 5.32 Å². The Labute approximate surface area is 236 Å². The summed E-state index contributed by atoms with van der Waals surface area (Å²) in [7, 11) is 1.16. The molecule has 0 unspecified atom stereocenters. The summed E-state index contributed by atoms with van der Waals surface area (Å²) in [6.45, 7) is -0.276. The molecule has 0 radical (unpaired) electrons. The van der Waals surface area contributed by atoms with E-state index in [1.54, 1.807) is 0 Å². The number of aliphatic carboxylic acids is 1. The van der Waals surface area contributed by atoms with Crippen LogP contribution >= 0.6 is 0 Å². The predicted octanol–water partition coefficient (Wildman–Crippen LogP) is -2.85. The normalized spacial score (nSPS) is 10.5. The minimum atomic E-state index is -1.37. The summed E-state index contributed by atoms with van der Waals surface area (Å²) < 4.78 is 39.5. The van der Waals surface area contributed by atoms with Crippen LogP contribution in [0.2, 0.25) is 0 Å². The van der Waals surface area contributed by atoms with Crippen molar-refractivity contribution in [2.75, 3.05) is 13.7 Å². The molecule has 0 saturated heterocycles. The fourth-order valence-electron chi connectivity index (χ4n) is 3.45. The number of hydrogen-bond donors (Lipinski definition) is 1. The van der Waals surface area contributed by atoms with Crippen molar-refractivity contribution in [3.05, 3.63) is 80.1 Å². The topological polar surface area (TPSA) is 148 Å². The number of fused-ring (bicyclic) bond motifs is 1. The zero-order valence-electron chi connectivity index (χ0n) is 20.6. The summed E-state index contributed by atoms with van der Waals surface area (Å²) in [6, 6.07) is 2.86. The maximum absolute atomic E-state index is 13.8. The Morgan fingerprint density at radius 1 is 1.11 bits per heavy atom. The molecule has 0 fully saturated rings. The fraction of sp³-hybridized carbons (Fsp3) is 0.292. The van der Waals surface area contributed by atoms with E-state index in [9.17, 15) is 37.9 Å². The molecule has 38 heavy (non-hydrogen) atoms. The average molecular weight is 541 g/mol. The number of halogens is 2. The first kappa shape index (κ1) is 30.7. The van der Waals surface area contributed by atoms with Crippen molar-refractivity contribution in [1.82, 2.24) is 14.3 Å². The number of carbonyl (C=O) groups excluding carboxylic acids is 3. The van der Waals surface area contributed by atoms with Crippen molar-refractivity contribution >= 4 is 23.4 Å². The molecule has 0 aliphatic carbocycles. The maximum Gasteiger partial charge on any atom is 1.00 e. The molecule has 3 aromatic rings. The number of aryl methyl sites for hydroxylation is 1. The number of amides is 1. The monoisotopic (exact) mass is 541 g/mol. The van der Waals surface area contributed by atoms with Gasteiger partial charge in [-0.25, -0.2) is 8.78 Å². The molecule has 0 aliphatic rings. The Morgan fingerprint density at radius 3 is 2.50 bits per heavy atom. The quantitative estimate of drug-likeness (QED) is 0.155. The third-order valence-corrected chi connectivity index (χ3v) is 5.31. The predicted molar refractivity (Wildman–Crippen MR) is 122 cm³/mol. The van der Waals surface area contributed by atoms with Gasteiger partial charge in [0.2, 0.25) is 5.43 Å². The molecule has 0 bridgehead atoms. The number of esters is 1. The number of carboxylic acids is 1. The van der Waals surface area contributed by atoms with Gasteiger partial charge in [-0.1, -0.05) is 6.07 Å². The van der Waals surface area contributed by atoms with Crippen LogP contribution in [0, 0.1) is 11.6 Å². The fourth-order valence-corrected chi connectivity index (χ4v) is 3.45. The molecular formula is C24H22F2N3NaO8. The molecule has 0 saturated carbocycles. The van der Waals surface area contributed by atoms with Gasteiger partial charge in [0.25, 0.3) is 11.5 Å². The molecule has 11 nitrogen and oxygen atoms in total. The van der Waals surface area contributed by atoms with Crippen molar-refractivity contribution in [1.29, 1.82) is 0 Å². The van der Waals surface area contributed by atoms with E-state index in [1.165, 1.54) is 21.4 Å². The van der Waals surface area contributed by atoms with E-state index >= 15 is 0 Å². The van der Waals surface area contributed by atoms with Crippen LogP contribution in [0.5, 0.6) is 5.75 Å². The Morgan fingerprint density at radius 2 is 1.84 bits per heavy atom. The van der Waals surface area contributed by atoms with E-state index in [1.807, 2.05) is 0 Å². The van der Waals surface area contributed by atoms with E-state index in [-0.39, 0.29) is 84.5 Å². The van der Waals surface area contributed by atoms with Gasteiger partial charge < -0.3 is 33.7 Å². The van der Waals surface area contributed by atoms with E-state index in [0.29, 0.717) is 6.07 Å². The summed E-state index contributed by atoms with van der Waals surface area (Å²) >= 11 is 0. The van der Waals surface area contributed by atoms with Gasteiger partial charge in [0.05, 0.1) is 20.1 Å². The molecule has 14 heteroatoms. The van der Waals surface area contributed by atoms with Crippen molar-refractivity contribution in [3.8, 4) is 5.75 Å². The number of aromatic nitrogens is 2. The molecule has 2 aromatic heterocycles. The van der Waals surface area contributed by atoms with E-state index in [0.717, 1.165) is 25.4 Å². The minimum absolute atomic E-state index is 0. The molecule has 1 aromatic carbocycles. The summed E-state index contributed by atoms with van der Waals surface area (Å²) in [6.07, 6.45) is 3.39. The average Bonchev–Trinajstić information content (AvgIpc) is 2.85. The van der Waals surface area contributed by atoms with E-state index in [4.69, 9.17) is 9.47 Å². The number of nitrogens with one attached hydrogen (secondary N) is 1. The number of nitrogens with zero attached hydrogens (tertiary/aromatic N) is 2. The molecule has 1 N–H and O–H groups in total. The largest absolute Gasteiger partial charge is 1.00 e. The van der Waals surface area contributed by atoms with Crippen molar-refractivity contribution in [2.45, 2.75) is 32.4 Å². The van der Waals surface area contributed by atoms with Gasteiger partial charge in [0, 0.05) is 49.3 Å². The first-order valence-electron chi connectivity index (χ1n) is 11.0. The first-order valence-corrected chi connectivity index (χ1v) is 11.0. The molecule has 0 spiro atoms. The molecule has 3 rings (SSSR count). The van der Waals surface area contributed by atoms with Crippen molar-refractivity contribution in [2.24, 2.45) is 0 Å². The van der Waals surface area contributed by atoms with Crippen molar-refractivity contribution < 1.29 is 67.3 Å². The van der Waals surface area contributed by atoms with Gasteiger partial charge in [-0.05, 0) is 18.9 Å². The number of carboxylic acid groups (broad SMARTS) is 1. The van der Waals surface area contributed by atoms with Crippen LogP contribution in [0.3, 0.4) is 0 Å². The van der Waals surface area contributed by atoms with Crippen LogP contribution in [0.4, 0.5) is 8.78 Å². The number of benzene rings is 1.